The first-order valence-corrected chi connectivity index (χ1v) is 7.81. The van der Waals surface area contributed by atoms with Gasteiger partial charge in [0, 0.05) is 6.54 Å². The first kappa shape index (κ1) is 15.3. The van der Waals surface area contributed by atoms with Crippen molar-refractivity contribution in [1.29, 1.82) is 0 Å². The summed E-state index contributed by atoms with van der Waals surface area (Å²) in [6, 6.07) is 7.18. The average Bonchev–Trinajstić information content (AvgIpc) is 2.98. The van der Waals surface area contributed by atoms with Gasteiger partial charge in [-0.1, -0.05) is 13.0 Å². The van der Waals surface area contributed by atoms with E-state index in [1.807, 2.05) is 12.3 Å². The molecule has 2 rings (SSSR count). The summed E-state index contributed by atoms with van der Waals surface area (Å²) in [6.45, 7) is 3.09. The van der Waals surface area contributed by atoms with Crippen LogP contribution >= 0.6 is 11.3 Å². The molecule has 0 saturated heterocycles. The van der Waals surface area contributed by atoms with Crippen molar-refractivity contribution in [2.24, 2.45) is 0 Å². The zero-order chi connectivity index (χ0) is 15.1. The Morgan fingerprint density at radius 1 is 1.38 bits per heavy atom. The predicted octanol–water partition coefficient (Wildman–Crippen LogP) is 4.10. The molecular formula is C15H18N2O3S. The van der Waals surface area contributed by atoms with E-state index in [-0.39, 0.29) is 5.69 Å². The number of hydrogen-bond acceptors (Lipinski definition) is 5. The van der Waals surface area contributed by atoms with Gasteiger partial charge in [0.15, 0.2) is 5.75 Å². The van der Waals surface area contributed by atoms with Crippen molar-refractivity contribution in [1.82, 2.24) is 0 Å². The van der Waals surface area contributed by atoms with Crippen LogP contribution in [-0.4, -0.2) is 18.1 Å². The van der Waals surface area contributed by atoms with Crippen LogP contribution in [0.25, 0.3) is 0 Å². The molecule has 1 N–H and O–H groups in total. The fourth-order valence-corrected chi connectivity index (χ4v) is 2.66. The molecule has 0 saturated carbocycles. The molecule has 5 nitrogen and oxygen atoms in total. The van der Waals surface area contributed by atoms with Crippen LogP contribution < -0.4 is 10.1 Å². The van der Waals surface area contributed by atoms with Gasteiger partial charge in [-0.15, -0.1) is 0 Å². The molecule has 2 aromatic rings. The molecule has 0 aliphatic carbocycles. The molecule has 1 heterocycles. The van der Waals surface area contributed by atoms with Gasteiger partial charge in [0.25, 0.3) is 0 Å². The Hall–Kier alpha value is -2.08. The molecular weight excluding hydrogens is 288 g/mol. The third kappa shape index (κ3) is 4.19. The molecule has 0 bridgehead atoms. The third-order valence-electron chi connectivity index (χ3n) is 2.95. The Morgan fingerprint density at radius 3 is 2.90 bits per heavy atom. The summed E-state index contributed by atoms with van der Waals surface area (Å²) in [5.41, 5.74) is 1.74. The number of anilines is 1. The fraction of sp³-hybridized carbons (Fsp3) is 0.333. The van der Waals surface area contributed by atoms with Crippen molar-refractivity contribution in [2.75, 3.05) is 18.5 Å². The normalized spacial score (nSPS) is 10.3. The van der Waals surface area contributed by atoms with Crippen molar-refractivity contribution in [3.05, 3.63) is 50.7 Å². The monoisotopic (exact) mass is 306 g/mol. The number of nitro groups is 1. The van der Waals surface area contributed by atoms with Gasteiger partial charge in [0.2, 0.25) is 0 Å². The highest BCUT2D eigenvalue weighted by Gasteiger charge is 2.20. The molecule has 1 aromatic carbocycles. The van der Waals surface area contributed by atoms with Crippen molar-refractivity contribution in [3.8, 4) is 5.75 Å². The summed E-state index contributed by atoms with van der Waals surface area (Å²) in [7, 11) is 0. The van der Waals surface area contributed by atoms with E-state index in [0.717, 1.165) is 12.8 Å². The maximum atomic E-state index is 11.3. The highest BCUT2D eigenvalue weighted by atomic mass is 32.1. The van der Waals surface area contributed by atoms with Crippen LogP contribution in [0.1, 0.15) is 18.9 Å². The van der Waals surface area contributed by atoms with E-state index in [9.17, 15) is 10.1 Å². The van der Waals surface area contributed by atoms with Crippen LogP contribution in [0.2, 0.25) is 0 Å². The minimum atomic E-state index is -0.391. The largest absolute Gasteiger partial charge is 0.487 e. The van der Waals surface area contributed by atoms with Gasteiger partial charge in [-0.2, -0.15) is 11.3 Å². The number of ether oxygens (including phenoxy) is 1. The van der Waals surface area contributed by atoms with Gasteiger partial charge >= 0.3 is 5.69 Å². The quantitative estimate of drug-likeness (QED) is 0.589. The number of para-hydroxylation sites is 1. The van der Waals surface area contributed by atoms with Crippen molar-refractivity contribution < 1.29 is 9.66 Å². The van der Waals surface area contributed by atoms with Crippen LogP contribution in [0.15, 0.2) is 35.0 Å². The second-order valence-electron chi connectivity index (χ2n) is 4.57. The zero-order valence-corrected chi connectivity index (χ0v) is 12.7. The van der Waals surface area contributed by atoms with Crippen LogP contribution in [0.4, 0.5) is 11.4 Å². The summed E-state index contributed by atoms with van der Waals surface area (Å²) in [5, 5.41) is 18.5. The zero-order valence-electron chi connectivity index (χ0n) is 11.9. The highest BCUT2D eigenvalue weighted by Crippen LogP contribution is 2.34. The number of nitro benzene ring substituents is 1. The molecule has 1 aromatic heterocycles. The smallest absolute Gasteiger partial charge is 0.333 e. The van der Waals surface area contributed by atoms with Gasteiger partial charge in [-0.05, 0) is 47.4 Å². The van der Waals surface area contributed by atoms with E-state index < -0.39 is 4.92 Å². The Morgan fingerprint density at radius 2 is 2.24 bits per heavy atom. The maximum Gasteiger partial charge on any atom is 0.333 e. The van der Waals surface area contributed by atoms with E-state index in [1.54, 1.807) is 29.5 Å². The van der Waals surface area contributed by atoms with E-state index in [1.165, 1.54) is 5.56 Å². The van der Waals surface area contributed by atoms with Gasteiger partial charge in [0.1, 0.15) is 5.69 Å². The highest BCUT2D eigenvalue weighted by molar-refractivity contribution is 7.07. The summed E-state index contributed by atoms with van der Waals surface area (Å²) < 4.78 is 5.46. The van der Waals surface area contributed by atoms with Crippen LogP contribution in [-0.2, 0) is 6.42 Å². The molecule has 6 heteroatoms. The maximum absolute atomic E-state index is 11.3. The van der Waals surface area contributed by atoms with Gasteiger partial charge in [0.05, 0.1) is 11.5 Å². The molecule has 0 aliphatic rings. The van der Waals surface area contributed by atoms with Gasteiger partial charge < -0.3 is 10.1 Å². The molecule has 0 atom stereocenters. The first-order valence-electron chi connectivity index (χ1n) is 6.87. The lowest BCUT2D eigenvalue weighted by Gasteiger charge is -2.10. The third-order valence-corrected chi connectivity index (χ3v) is 3.68. The summed E-state index contributed by atoms with van der Waals surface area (Å²) in [6.07, 6.45) is 1.65. The number of nitrogens with one attached hydrogen (secondary N) is 1. The Kier molecular flexibility index (Phi) is 5.57. The van der Waals surface area contributed by atoms with Crippen molar-refractivity contribution in [3.63, 3.8) is 0 Å². The van der Waals surface area contributed by atoms with E-state index in [0.29, 0.717) is 24.6 Å². The second-order valence-corrected chi connectivity index (χ2v) is 5.35. The standard InChI is InChI=1S/C15H18N2O3S/c1-2-9-20-14-5-3-4-13(15(14)17(18)19)16-8-6-12-7-10-21-11-12/h3-5,7,10-11,16H,2,6,8-9H2,1H3. The summed E-state index contributed by atoms with van der Waals surface area (Å²) in [4.78, 5) is 10.9. The number of benzene rings is 1. The van der Waals surface area contributed by atoms with Crippen LogP contribution in [0, 0.1) is 10.1 Å². The predicted molar refractivity (Wildman–Crippen MR) is 85.4 cm³/mol. The minimum absolute atomic E-state index is 0.0104. The number of rotatable bonds is 8. The van der Waals surface area contributed by atoms with Crippen LogP contribution in [0.3, 0.4) is 0 Å². The lowest BCUT2D eigenvalue weighted by Crippen LogP contribution is -2.08. The molecule has 0 aliphatic heterocycles. The fourth-order valence-electron chi connectivity index (χ4n) is 1.96. The number of nitrogens with zero attached hydrogens (tertiary/aromatic N) is 1. The molecule has 0 spiro atoms. The topological polar surface area (TPSA) is 64.4 Å². The lowest BCUT2D eigenvalue weighted by atomic mass is 10.2. The molecule has 0 amide bonds. The molecule has 0 unspecified atom stereocenters. The van der Waals surface area contributed by atoms with E-state index >= 15 is 0 Å². The van der Waals surface area contributed by atoms with E-state index in [2.05, 4.69) is 16.8 Å². The summed E-state index contributed by atoms with van der Waals surface area (Å²) in [5.74, 6) is 0.322. The molecule has 21 heavy (non-hydrogen) atoms. The Balaban J connectivity index is 2.08. The first-order chi connectivity index (χ1) is 10.2. The summed E-state index contributed by atoms with van der Waals surface area (Å²) >= 11 is 1.65. The molecule has 0 radical (unpaired) electrons. The van der Waals surface area contributed by atoms with Gasteiger partial charge in [-0.3, -0.25) is 10.1 Å². The van der Waals surface area contributed by atoms with E-state index in [4.69, 9.17) is 4.74 Å². The van der Waals surface area contributed by atoms with Crippen molar-refractivity contribution >= 4 is 22.7 Å². The number of thiophene rings is 1. The SMILES string of the molecule is CCCOc1cccc(NCCc2ccsc2)c1[N+](=O)[O-]. The Bertz CT molecular complexity index is 585. The minimum Gasteiger partial charge on any atom is -0.487 e. The van der Waals surface area contributed by atoms with Gasteiger partial charge in [-0.25, -0.2) is 0 Å². The van der Waals surface area contributed by atoms with Crippen LogP contribution in [0.5, 0.6) is 5.75 Å². The van der Waals surface area contributed by atoms with Crippen molar-refractivity contribution in [2.45, 2.75) is 19.8 Å². The average molecular weight is 306 g/mol. The second kappa shape index (κ2) is 7.64. The lowest BCUT2D eigenvalue weighted by molar-refractivity contribution is -0.385. The Labute approximate surface area is 127 Å². The molecule has 112 valence electrons. The number of hydrogen-bond donors (Lipinski definition) is 1. The molecule has 0 fully saturated rings.